The van der Waals surface area contributed by atoms with Crippen LogP contribution < -0.4 is 0 Å². The van der Waals surface area contributed by atoms with Gasteiger partial charge in [0, 0.05) is 6.20 Å². The first-order chi connectivity index (χ1) is 7.47. The van der Waals surface area contributed by atoms with Crippen LogP contribution in [0.1, 0.15) is 0 Å². The van der Waals surface area contributed by atoms with E-state index in [0.717, 1.165) is 5.06 Å². The minimum Gasteiger partial charge on any atom is -0.510 e. The van der Waals surface area contributed by atoms with Gasteiger partial charge in [0.05, 0.1) is 0 Å². The molecule has 1 atom stereocenters. The normalized spacial score (nSPS) is 23.9. The number of phosphoric acid groups is 1. The van der Waals surface area contributed by atoms with Crippen LogP contribution in [0.15, 0.2) is 47.9 Å². The Balaban J connectivity index is 2.27. The van der Waals surface area contributed by atoms with Crippen molar-refractivity contribution < 1.29 is 24.1 Å². The van der Waals surface area contributed by atoms with E-state index in [2.05, 4.69) is 4.62 Å². The lowest BCUT2D eigenvalue weighted by Gasteiger charge is -2.32. The first-order valence-corrected chi connectivity index (χ1v) is 5.99. The molecular formula is C9H10NO5P. The summed E-state index contributed by atoms with van der Waals surface area (Å²) < 4.78 is 15.2. The average molecular weight is 243 g/mol. The van der Waals surface area contributed by atoms with Crippen LogP contribution in [0, 0.1) is 0 Å². The molecule has 0 bridgehead atoms. The quantitative estimate of drug-likeness (QED) is 0.630. The van der Waals surface area contributed by atoms with Gasteiger partial charge in [-0.2, -0.15) is 4.62 Å². The van der Waals surface area contributed by atoms with Crippen molar-refractivity contribution >= 4 is 7.82 Å². The molecule has 0 radical (unpaired) electrons. The lowest BCUT2D eigenvalue weighted by molar-refractivity contribution is -0.0596. The summed E-state index contributed by atoms with van der Waals surface area (Å²) in [5.74, 6) is -0.0356. The van der Waals surface area contributed by atoms with Crippen molar-refractivity contribution in [3.63, 3.8) is 0 Å². The highest BCUT2D eigenvalue weighted by Crippen LogP contribution is 2.40. The molecule has 3 N–H and O–H groups in total. The minimum atomic E-state index is -4.64. The van der Waals surface area contributed by atoms with E-state index in [9.17, 15) is 9.67 Å². The molecule has 2 aliphatic rings. The van der Waals surface area contributed by atoms with Gasteiger partial charge in [0.1, 0.15) is 11.8 Å². The predicted molar refractivity (Wildman–Crippen MR) is 55.8 cm³/mol. The summed E-state index contributed by atoms with van der Waals surface area (Å²) in [5, 5.41) is 10.6. The molecule has 0 amide bonds. The fourth-order valence-corrected chi connectivity index (χ4v) is 1.95. The van der Waals surface area contributed by atoms with Crippen LogP contribution in [-0.2, 0) is 9.19 Å². The topological polar surface area (TPSA) is 90.2 Å². The van der Waals surface area contributed by atoms with Gasteiger partial charge in [-0.05, 0) is 17.7 Å². The molecule has 0 saturated heterocycles. The second-order valence-corrected chi connectivity index (χ2v) is 4.44. The summed E-state index contributed by atoms with van der Waals surface area (Å²) in [5.41, 5.74) is 0.691. The van der Waals surface area contributed by atoms with Gasteiger partial charge in [0.2, 0.25) is 0 Å². The Morgan fingerprint density at radius 3 is 2.75 bits per heavy atom. The average Bonchev–Trinajstić information content (AvgIpc) is 2.15. The molecule has 1 aliphatic carbocycles. The second-order valence-electron chi connectivity index (χ2n) is 3.29. The van der Waals surface area contributed by atoms with E-state index < -0.39 is 13.9 Å². The Hall–Kier alpha value is -1.33. The number of hydrogen-bond acceptors (Lipinski definition) is 4. The van der Waals surface area contributed by atoms with Crippen molar-refractivity contribution in [1.29, 1.82) is 0 Å². The Morgan fingerprint density at radius 2 is 2.06 bits per heavy atom. The van der Waals surface area contributed by atoms with E-state index in [4.69, 9.17) is 9.79 Å². The molecule has 0 aromatic carbocycles. The molecule has 0 spiro atoms. The number of aliphatic hydroxyl groups excluding tert-OH is 1. The van der Waals surface area contributed by atoms with E-state index in [-0.39, 0.29) is 5.76 Å². The molecular weight excluding hydrogens is 233 g/mol. The second kappa shape index (κ2) is 3.92. The monoisotopic (exact) mass is 243 g/mol. The van der Waals surface area contributed by atoms with Crippen LogP contribution >= 0.6 is 7.82 Å². The van der Waals surface area contributed by atoms with Gasteiger partial charge < -0.3 is 14.9 Å². The Labute approximate surface area is 91.6 Å². The molecule has 0 fully saturated rings. The zero-order chi connectivity index (χ0) is 11.8. The van der Waals surface area contributed by atoms with Crippen LogP contribution in [-0.4, -0.2) is 26.0 Å². The highest BCUT2D eigenvalue weighted by molar-refractivity contribution is 7.46. The molecule has 86 valence electrons. The fraction of sp³-hybridized carbons (Fsp3) is 0.111. The molecule has 1 heterocycles. The van der Waals surface area contributed by atoms with Crippen molar-refractivity contribution in [2.24, 2.45) is 0 Å². The lowest BCUT2D eigenvalue weighted by Crippen LogP contribution is -2.35. The molecule has 6 nitrogen and oxygen atoms in total. The van der Waals surface area contributed by atoms with Crippen LogP contribution in [0.25, 0.3) is 0 Å². The van der Waals surface area contributed by atoms with Gasteiger partial charge in [-0.3, -0.25) is 0 Å². The van der Waals surface area contributed by atoms with Crippen LogP contribution in [0.5, 0.6) is 0 Å². The summed E-state index contributed by atoms with van der Waals surface area (Å²) in [6, 6.07) is -0.706. The zero-order valence-electron chi connectivity index (χ0n) is 8.09. The Morgan fingerprint density at radius 1 is 1.31 bits per heavy atom. The van der Waals surface area contributed by atoms with Crippen molar-refractivity contribution in [2.75, 3.05) is 0 Å². The summed E-state index contributed by atoms with van der Waals surface area (Å²) >= 11 is 0. The minimum absolute atomic E-state index is 0.0356. The number of fused-ring (bicyclic) bond motifs is 1. The SMILES string of the molecule is O=P(O)(O)ON1C=CC=C2C=CC=C(O)C21. The Bertz CT molecular complexity index is 459. The van der Waals surface area contributed by atoms with Crippen molar-refractivity contribution in [1.82, 2.24) is 5.06 Å². The van der Waals surface area contributed by atoms with E-state index in [1.54, 1.807) is 24.3 Å². The Kier molecular flexibility index (Phi) is 2.73. The number of allylic oxidation sites excluding steroid dienone is 4. The van der Waals surface area contributed by atoms with Crippen molar-refractivity contribution in [3.05, 3.63) is 47.9 Å². The molecule has 1 aliphatic heterocycles. The number of rotatable bonds is 2. The van der Waals surface area contributed by atoms with E-state index in [1.807, 2.05) is 0 Å². The van der Waals surface area contributed by atoms with Gasteiger partial charge in [0.15, 0.2) is 0 Å². The summed E-state index contributed by atoms with van der Waals surface area (Å²) in [7, 11) is -4.64. The molecule has 0 aromatic rings. The van der Waals surface area contributed by atoms with Crippen LogP contribution in [0.3, 0.4) is 0 Å². The number of hydrogen-bond donors (Lipinski definition) is 3. The third-order valence-corrected chi connectivity index (χ3v) is 2.53. The number of hydroxylamine groups is 2. The molecule has 1 unspecified atom stereocenters. The van der Waals surface area contributed by atoms with Gasteiger partial charge in [-0.15, -0.1) is 0 Å². The predicted octanol–water partition coefficient (Wildman–Crippen LogP) is 1.15. The largest absolute Gasteiger partial charge is 0.510 e. The highest BCUT2D eigenvalue weighted by atomic mass is 31.2. The summed E-state index contributed by atoms with van der Waals surface area (Å²) in [4.78, 5) is 17.4. The van der Waals surface area contributed by atoms with Crippen LogP contribution in [0.2, 0.25) is 0 Å². The molecule has 2 rings (SSSR count). The zero-order valence-corrected chi connectivity index (χ0v) is 8.99. The standard InChI is InChI=1S/C9H10NO5P/c11-8-5-1-3-7-4-2-6-10(9(7)8)15-16(12,13)14/h1-6,9,11H,(H2,12,13,14). The first kappa shape index (κ1) is 11.2. The summed E-state index contributed by atoms with van der Waals surface area (Å²) in [6.07, 6.45) is 9.46. The van der Waals surface area contributed by atoms with Gasteiger partial charge in [-0.25, -0.2) is 9.63 Å². The van der Waals surface area contributed by atoms with E-state index >= 15 is 0 Å². The maximum absolute atomic E-state index is 10.7. The maximum atomic E-state index is 10.7. The lowest BCUT2D eigenvalue weighted by atomic mass is 9.98. The summed E-state index contributed by atoms with van der Waals surface area (Å²) in [6.45, 7) is 0. The molecule has 7 heteroatoms. The third-order valence-electron chi connectivity index (χ3n) is 2.13. The van der Waals surface area contributed by atoms with Crippen LogP contribution in [0.4, 0.5) is 0 Å². The molecule has 0 saturated carbocycles. The number of nitrogens with zero attached hydrogens (tertiary/aromatic N) is 1. The fourth-order valence-electron chi connectivity index (χ4n) is 1.56. The highest BCUT2D eigenvalue weighted by Gasteiger charge is 2.31. The van der Waals surface area contributed by atoms with Gasteiger partial charge in [-0.1, -0.05) is 18.2 Å². The van der Waals surface area contributed by atoms with Gasteiger partial charge in [0.25, 0.3) is 0 Å². The third kappa shape index (κ3) is 2.25. The smallest absolute Gasteiger partial charge is 0.491 e. The number of aliphatic hydroxyl groups is 1. The van der Waals surface area contributed by atoms with Crippen molar-refractivity contribution in [2.45, 2.75) is 6.04 Å². The van der Waals surface area contributed by atoms with E-state index in [1.165, 1.54) is 12.3 Å². The van der Waals surface area contributed by atoms with Crippen molar-refractivity contribution in [3.8, 4) is 0 Å². The van der Waals surface area contributed by atoms with Gasteiger partial charge >= 0.3 is 7.82 Å². The van der Waals surface area contributed by atoms with E-state index in [0.29, 0.717) is 5.57 Å². The maximum Gasteiger partial charge on any atom is 0.491 e. The first-order valence-electron chi connectivity index (χ1n) is 4.46. The molecule has 0 aromatic heterocycles. The molecule has 16 heavy (non-hydrogen) atoms.